The molecule has 112 valence electrons. The van der Waals surface area contributed by atoms with Crippen molar-refractivity contribution in [1.82, 2.24) is 4.98 Å². The Hall–Kier alpha value is -2.24. The molecule has 1 heterocycles. The Morgan fingerprint density at radius 1 is 1.14 bits per heavy atom. The fourth-order valence-corrected chi connectivity index (χ4v) is 1.98. The van der Waals surface area contributed by atoms with Crippen molar-refractivity contribution in [2.75, 3.05) is 19.5 Å². The maximum atomic E-state index is 13.0. The summed E-state index contributed by atoms with van der Waals surface area (Å²) in [6.07, 6.45) is -4.43. The number of methoxy groups -OCH3 is 1. The number of pyridine rings is 1. The van der Waals surface area contributed by atoms with Gasteiger partial charge >= 0.3 is 6.18 Å². The Labute approximate surface area is 120 Å². The third-order valence-electron chi connectivity index (χ3n) is 3.04. The van der Waals surface area contributed by atoms with Crippen LogP contribution in [0, 0.1) is 6.92 Å². The Balaban J connectivity index is 2.66. The predicted molar refractivity (Wildman–Crippen MR) is 75.5 cm³/mol. The number of aromatic nitrogens is 1. The first kappa shape index (κ1) is 15.2. The van der Waals surface area contributed by atoms with E-state index in [0.717, 1.165) is 17.7 Å². The zero-order valence-corrected chi connectivity index (χ0v) is 11.9. The second-order valence-electron chi connectivity index (χ2n) is 4.58. The standard InChI is InChI=1S/C15H15F3N2O/c1-9-4-5-13(21-3)11(6-9)12-7-10(15(16,17)18)8-14(19-2)20-12/h4-8H,1-3H3,(H,19,20). The zero-order valence-electron chi connectivity index (χ0n) is 11.9. The normalized spacial score (nSPS) is 11.3. The van der Waals surface area contributed by atoms with E-state index in [1.807, 2.05) is 13.0 Å². The highest BCUT2D eigenvalue weighted by Gasteiger charge is 2.32. The van der Waals surface area contributed by atoms with Crippen LogP contribution in [0.3, 0.4) is 0 Å². The molecule has 2 aromatic rings. The SMILES string of the molecule is CNc1cc(C(F)(F)F)cc(-c2cc(C)ccc2OC)n1. The highest BCUT2D eigenvalue weighted by atomic mass is 19.4. The van der Waals surface area contributed by atoms with Crippen molar-refractivity contribution in [2.24, 2.45) is 0 Å². The van der Waals surface area contributed by atoms with Crippen molar-refractivity contribution in [3.8, 4) is 17.0 Å². The van der Waals surface area contributed by atoms with Crippen molar-refractivity contribution < 1.29 is 17.9 Å². The third-order valence-corrected chi connectivity index (χ3v) is 3.04. The van der Waals surface area contributed by atoms with Gasteiger partial charge in [0.05, 0.1) is 18.4 Å². The number of halogens is 3. The summed E-state index contributed by atoms with van der Waals surface area (Å²) in [5.41, 5.74) is 0.909. The number of ether oxygens (including phenoxy) is 1. The van der Waals surface area contributed by atoms with Crippen LogP contribution < -0.4 is 10.1 Å². The van der Waals surface area contributed by atoms with Crippen molar-refractivity contribution in [1.29, 1.82) is 0 Å². The Kier molecular flexibility index (Phi) is 4.06. The lowest BCUT2D eigenvalue weighted by Gasteiger charge is -2.14. The fraction of sp³-hybridized carbons (Fsp3) is 0.267. The molecule has 0 aliphatic rings. The molecule has 3 nitrogen and oxygen atoms in total. The molecule has 0 saturated heterocycles. The van der Waals surface area contributed by atoms with E-state index >= 15 is 0 Å². The summed E-state index contributed by atoms with van der Waals surface area (Å²) < 4.78 is 44.1. The van der Waals surface area contributed by atoms with Gasteiger partial charge in [0.25, 0.3) is 0 Å². The molecule has 0 aliphatic carbocycles. The van der Waals surface area contributed by atoms with Crippen LogP contribution in [-0.2, 0) is 6.18 Å². The number of benzene rings is 1. The number of nitrogens with one attached hydrogen (secondary N) is 1. The predicted octanol–water partition coefficient (Wildman–Crippen LogP) is 4.13. The minimum absolute atomic E-state index is 0.156. The van der Waals surface area contributed by atoms with E-state index in [4.69, 9.17) is 4.74 Å². The molecule has 2 rings (SSSR count). The van der Waals surface area contributed by atoms with Gasteiger partial charge in [-0.05, 0) is 31.2 Å². The van der Waals surface area contributed by atoms with Gasteiger partial charge in [-0.3, -0.25) is 0 Å². The van der Waals surface area contributed by atoms with Crippen LogP contribution in [0.5, 0.6) is 5.75 Å². The Morgan fingerprint density at radius 2 is 1.86 bits per heavy atom. The molecule has 0 saturated carbocycles. The lowest BCUT2D eigenvalue weighted by atomic mass is 10.0. The van der Waals surface area contributed by atoms with E-state index in [1.54, 1.807) is 12.1 Å². The molecular formula is C15H15F3N2O. The van der Waals surface area contributed by atoms with Crippen LogP contribution in [0.25, 0.3) is 11.3 Å². The minimum Gasteiger partial charge on any atom is -0.496 e. The van der Waals surface area contributed by atoms with Crippen molar-refractivity contribution in [2.45, 2.75) is 13.1 Å². The van der Waals surface area contributed by atoms with Gasteiger partial charge in [-0.2, -0.15) is 13.2 Å². The van der Waals surface area contributed by atoms with Gasteiger partial charge in [0.15, 0.2) is 0 Å². The lowest BCUT2D eigenvalue weighted by molar-refractivity contribution is -0.137. The molecule has 0 bridgehead atoms. The summed E-state index contributed by atoms with van der Waals surface area (Å²) in [6, 6.07) is 7.30. The molecule has 0 unspecified atom stereocenters. The van der Waals surface area contributed by atoms with E-state index in [1.165, 1.54) is 14.2 Å². The highest BCUT2D eigenvalue weighted by Crippen LogP contribution is 2.36. The van der Waals surface area contributed by atoms with E-state index in [2.05, 4.69) is 10.3 Å². The third kappa shape index (κ3) is 3.26. The second-order valence-corrected chi connectivity index (χ2v) is 4.58. The van der Waals surface area contributed by atoms with Crippen LogP contribution in [0.15, 0.2) is 30.3 Å². The molecule has 0 atom stereocenters. The summed E-state index contributed by atoms with van der Waals surface area (Å²) in [5, 5.41) is 2.65. The highest BCUT2D eigenvalue weighted by molar-refractivity contribution is 5.70. The topological polar surface area (TPSA) is 34.1 Å². The van der Waals surface area contributed by atoms with Crippen molar-refractivity contribution in [3.63, 3.8) is 0 Å². The number of rotatable bonds is 3. The Morgan fingerprint density at radius 3 is 2.43 bits per heavy atom. The second kappa shape index (κ2) is 5.63. The number of hydrogen-bond acceptors (Lipinski definition) is 3. The maximum absolute atomic E-state index is 13.0. The molecule has 0 spiro atoms. The molecule has 0 radical (unpaired) electrons. The van der Waals surface area contributed by atoms with Gasteiger partial charge in [-0.1, -0.05) is 11.6 Å². The maximum Gasteiger partial charge on any atom is 0.416 e. The molecule has 0 fully saturated rings. The van der Waals surface area contributed by atoms with E-state index in [0.29, 0.717) is 11.3 Å². The number of hydrogen-bond donors (Lipinski definition) is 1. The average molecular weight is 296 g/mol. The van der Waals surface area contributed by atoms with Crippen LogP contribution >= 0.6 is 0 Å². The first-order chi connectivity index (χ1) is 9.85. The molecule has 21 heavy (non-hydrogen) atoms. The van der Waals surface area contributed by atoms with Gasteiger partial charge in [0.2, 0.25) is 0 Å². The van der Waals surface area contributed by atoms with Crippen molar-refractivity contribution >= 4 is 5.82 Å². The number of nitrogens with zero attached hydrogens (tertiary/aromatic N) is 1. The monoisotopic (exact) mass is 296 g/mol. The molecule has 6 heteroatoms. The van der Waals surface area contributed by atoms with Gasteiger partial charge in [-0.25, -0.2) is 4.98 Å². The molecule has 0 aliphatic heterocycles. The Bertz CT molecular complexity index is 654. The van der Waals surface area contributed by atoms with Gasteiger partial charge < -0.3 is 10.1 Å². The average Bonchev–Trinajstić information content (AvgIpc) is 2.45. The number of alkyl halides is 3. The summed E-state index contributed by atoms with van der Waals surface area (Å²) in [5.74, 6) is 0.637. The van der Waals surface area contributed by atoms with E-state index in [-0.39, 0.29) is 11.5 Å². The first-order valence-corrected chi connectivity index (χ1v) is 6.27. The summed E-state index contributed by atoms with van der Waals surface area (Å²) >= 11 is 0. The lowest BCUT2D eigenvalue weighted by Crippen LogP contribution is -2.07. The van der Waals surface area contributed by atoms with Gasteiger partial charge in [-0.15, -0.1) is 0 Å². The van der Waals surface area contributed by atoms with E-state index in [9.17, 15) is 13.2 Å². The summed E-state index contributed by atoms with van der Waals surface area (Å²) in [7, 11) is 3.00. The zero-order chi connectivity index (χ0) is 15.6. The van der Waals surface area contributed by atoms with Gasteiger partial charge in [0.1, 0.15) is 11.6 Å². The summed E-state index contributed by atoms with van der Waals surface area (Å²) in [6.45, 7) is 1.86. The molecule has 1 aromatic heterocycles. The summed E-state index contributed by atoms with van der Waals surface area (Å²) in [4.78, 5) is 4.19. The first-order valence-electron chi connectivity index (χ1n) is 6.27. The van der Waals surface area contributed by atoms with Crippen LogP contribution in [0.1, 0.15) is 11.1 Å². The van der Waals surface area contributed by atoms with Crippen molar-refractivity contribution in [3.05, 3.63) is 41.5 Å². The largest absolute Gasteiger partial charge is 0.496 e. The number of aryl methyl sites for hydroxylation is 1. The van der Waals surface area contributed by atoms with Crippen LogP contribution in [-0.4, -0.2) is 19.1 Å². The molecular weight excluding hydrogens is 281 g/mol. The van der Waals surface area contributed by atoms with Crippen LogP contribution in [0.4, 0.5) is 19.0 Å². The van der Waals surface area contributed by atoms with Crippen LogP contribution in [0.2, 0.25) is 0 Å². The minimum atomic E-state index is -4.43. The van der Waals surface area contributed by atoms with Gasteiger partial charge in [0, 0.05) is 12.6 Å². The van der Waals surface area contributed by atoms with E-state index < -0.39 is 11.7 Å². The number of anilines is 1. The fourth-order valence-electron chi connectivity index (χ4n) is 1.98. The smallest absolute Gasteiger partial charge is 0.416 e. The quantitative estimate of drug-likeness (QED) is 0.925. The molecule has 0 amide bonds. The molecule has 1 N–H and O–H groups in total. The molecule has 1 aromatic carbocycles.